The zero-order chi connectivity index (χ0) is 17.5. The second-order valence-electron chi connectivity index (χ2n) is 5.12. The van der Waals surface area contributed by atoms with Gasteiger partial charge in [-0.25, -0.2) is 4.98 Å². The van der Waals surface area contributed by atoms with Gasteiger partial charge in [-0.3, -0.25) is 0 Å². The Morgan fingerprint density at radius 2 is 1.72 bits per heavy atom. The van der Waals surface area contributed by atoms with Crippen molar-refractivity contribution in [3.8, 4) is 11.5 Å². The van der Waals surface area contributed by atoms with Crippen LogP contribution < -0.4 is 9.47 Å². The molecule has 25 heavy (non-hydrogen) atoms. The highest BCUT2D eigenvalue weighted by Gasteiger charge is 2.09. The number of methoxy groups -OCH3 is 2. The van der Waals surface area contributed by atoms with E-state index in [9.17, 15) is 0 Å². The van der Waals surface area contributed by atoms with Gasteiger partial charge in [-0.05, 0) is 29.8 Å². The molecule has 0 radical (unpaired) electrons. The van der Waals surface area contributed by atoms with Crippen LogP contribution in [0.3, 0.4) is 0 Å². The third kappa shape index (κ3) is 4.85. The molecule has 0 aliphatic rings. The van der Waals surface area contributed by atoms with Gasteiger partial charge in [-0.15, -0.1) is 11.3 Å². The van der Waals surface area contributed by atoms with Gasteiger partial charge in [0.25, 0.3) is 0 Å². The number of fused-ring (bicyclic) bond motifs is 1. The molecule has 1 heterocycles. The predicted molar refractivity (Wildman–Crippen MR) is 101 cm³/mol. The smallest absolute Gasteiger partial charge is 0.188 e. The lowest BCUT2D eigenvalue weighted by Gasteiger charge is -2.13. The first-order valence-electron chi connectivity index (χ1n) is 7.65. The third-order valence-corrected chi connectivity index (χ3v) is 5.56. The maximum atomic E-state index is 5.60. The molecule has 0 saturated carbocycles. The van der Waals surface area contributed by atoms with Crippen LogP contribution >= 0.6 is 23.1 Å². The van der Waals surface area contributed by atoms with Gasteiger partial charge in [-0.1, -0.05) is 30.0 Å². The Bertz CT molecular complexity index is 789. The van der Waals surface area contributed by atoms with Crippen LogP contribution in [0.4, 0.5) is 0 Å². The van der Waals surface area contributed by atoms with E-state index < -0.39 is 0 Å². The molecule has 0 N–H and O–H groups in total. The Kier molecular flexibility index (Phi) is 6.52. The molecule has 0 atom stereocenters. The van der Waals surface area contributed by atoms with E-state index in [0.717, 1.165) is 21.2 Å². The first-order valence-corrected chi connectivity index (χ1v) is 9.45. The maximum Gasteiger partial charge on any atom is 0.188 e. The van der Waals surface area contributed by atoms with E-state index in [0.29, 0.717) is 11.5 Å². The Hall–Kier alpha value is -1.80. The average molecular weight is 377 g/mol. The van der Waals surface area contributed by atoms with Crippen molar-refractivity contribution in [3.05, 3.63) is 48.0 Å². The predicted octanol–water partition coefficient (Wildman–Crippen LogP) is 4.55. The van der Waals surface area contributed by atoms with Crippen LogP contribution in [0.2, 0.25) is 0 Å². The summed E-state index contributed by atoms with van der Waals surface area (Å²) in [4.78, 5) is 4.65. The molecule has 0 spiro atoms. The summed E-state index contributed by atoms with van der Waals surface area (Å²) in [7, 11) is 3.17. The monoisotopic (exact) mass is 377 g/mol. The molecule has 0 amide bonds. The number of rotatable bonds is 9. The SMILES string of the molecule is COCOc1ccc(CSc2nc3ccccc3s2)cc1OCOC. The molecule has 0 aliphatic heterocycles. The minimum absolute atomic E-state index is 0.164. The lowest BCUT2D eigenvalue weighted by atomic mass is 10.2. The van der Waals surface area contributed by atoms with Gasteiger partial charge in [0.2, 0.25) is 0 Å². The fraction of sp³-hybridized carbons (Fsp3) is 0.278. The number of hydrogen-bond acceptors (Lipinski definition) is 7. The maximum absolute atomic E-state index is 5.60. The van der Waals surface area contributed by atoms with Gasteiger partial charge < -0.3 is 18.9 Å². The van der Waals surface area contributed by atoms with Crippen molar-refractivity contribution < 1.29 is 18.9 Å². The lowest BCUT2D eigenvalue weighted by Crippen LogP contribution is -2.04. The summed E-state index contributed by atoms with van der Waals surface area (Å²) in [5.74, 6) is 2.07. The van der Waals surface area contributed by atoms with E-state index in [2.05, 4.69) is 11.1 Å². The number of thioether (sulfide) groups is 1. The summed E-state index contributed by atoms with van der Waals surface area (Å²) in [5, 5.41) is 0. The van der Waals surface area contributed by atoms with E-state index in [1.807, 2.05) is 36.4 Å². The molecule has 0 saturated heterocycles. The number of hydrogen-bond donors (Lipinski definition) is 0. The van der Waals surface area contributed by atoms with Crippen LogP contribution in [0.5, 0.6) is 11.5 Å². The zero-order valence-electron chi connectivity index (χ0n) is 14.1. The van der Waals surface area contributed by atoms with Gasteiger partial charge in [0.15, 0.2) is 29.4 Å². The quantitative estimate of drug-likeness (QED) is 0.403. The molecule has 0 bridgehead atoms. The molecule has 7 heteroatoms. The molecule has 1 aromatic heterocycles. The van der Waals surface area contributed by atoms with E-state index in [1.54, 1.807) is 37.3 Å². The van der Waals surface area contributed by atoms with Gasteiger partial charge in [0.05, 0.1) is 10.2 Å². The fourth-order valence-corrected chi connectivity index (χ4v) is 4.19. The number of benzene rings is 2. The fourth-order valence-electron chi connectivity index (χ4n) is 2.18. The Morgan fingerprint density at radius 1 is 0.960 bits per heavy atom. The largest absolute Gasteiger partial charge is 0.464 e. The van der Waals surface area contributed by atoms with Crippen LogP contribution in [-0.2, 0) is 15.2 Å². The number of thiazole rings is 1. The summed E-state index contributed by atoms with van der Waals surface area (Å²) in [6.45, 7) is 0.334. The first-order chi connectivity index (χ1) is 12.3. The number of aromatic nitrogens is 1. The van der Waals surface area contributed by atoms with Crippen molar-refractivity contribution in [3.63, 3.8) is 0 Å². The second-order valence-corrected chi connectivity index (χ2v) is 7.37. The second kappa shape index (κ2) is 9.05. The van der Waals surface area contributed by atoms with E-state index in [4.69, 9.17) is 18.9 Å². The van der Waals surface area contributed by atoms with Crippen molar-refractivity contribution in [2.24, 2.45) is 0 Å². The van der Waals surface area contributed by atoms with E-state index in [1.165, 1.54) is 4.70 Å². The molecule has 5 nitrogen and oxygen atoms in total. The average Bonchev–Trinajstić information content (AvgIpc) is 3.06. The van der Waals surface area contributed by atoms with Crippen LogP contribution in [0, 0.1) is 0 Å². The molecule has 132 valence electrons. The van der Waals surface area contributed by atoms with Crippen molar-refractivity contribution in [1.82, 2.24) is 4.98 Å². The summed E-state index contributed by atoms with van der Waals surface area (Å²) < 4.78 is 23.3. The minimum atomic E-state index is 0.164. The van der Waals surface area contributed by atoms with Crippen LogP contribution in [-0.4, -0.2) is 32.8 Å². The van der Waals surface area contributed by atoms with Crippen LogP contribution in [0.15, 0.2) is 46.8 Å². The number of nitrogens with zero attached hydrogens (tertiary/aromatic N) is 1. The molecule has 2 aromatic carbocycles. The van der Waals surface area contributed by atoms with Gasteiger partial charge in [0.1, 0.15) is 0 Å². The molecule has 3 aromatic rings. The van der Waals surface area contributed by atoms with Gasteiger partial charge in [-0.2, -0.15) is 0 Å². The minimum Gasteiger partial charge on any atom is -0.464 e. The topological polar surface area (TPSA) is 49.8 Å². The zero-order valence-corrected chi connectivity index (χ0v) is 15.7. The van der Waals surface area contributed by atoms with Crippen LogP contribution in [0.1, 0.15) is 5.56 Å². The molecule has 0 unspecified atom stereocenters. The van der Waals surface area contributed by atoms with E-state index >= 15 is 0 Å². The highest BCUT2D eigenvalue weighted by Crippen LogP contribution is 2.34. The summed E-state index contributed by atoms with van der Waals surface area (Å²) in [6.07, 6.45) is 0. The van der Waals surface area contributed by atoms with E-state index in [-0.39, 0.29) is 13.6 Å². The molecule has 0 fully saturated rings. The van der Waals surface area contributed by atoms with Crippen molar-refractivity contribution in [2.45, 2.75) is 10.1 Å². The number of ether oxygens (including phenoxy) is 4. The first kappa shape index (κ1) is 18.0. The van der Waals surface area contributed by atoms with Crippen molar-refractivity contribution >= 4 is 33.3 Å². The summed E-state index contributed by atoms with van der Waals surface area (Å²) >= 11 is 3.42. The molecule has 3 rings (SSSR count). The standard InChI is InChI=1S/C18H19NO4S2/c1-20-11-22-15-8-7-13(9-16(15)23-12-21-2)10-24-18-19-14-5-3-4-6-17(14)25-18/h3-9H,10-12H2,1-2H3. The molecular weight excluding hydrogens is 358 g/mol. The third-order valence-electron chi connectivity index (χ3n) is 3.31. The highest BCUT2D eigenvalue weighted by atomic mass is 32.2. The van der Waals surface area contributed by atoms with Crippen molar-refractivity contribution in [1.29, 1.82) is 0 Å². The van der Waals surface area contributed by atoms with Crippen molar-refractivity contribution in [2.75, 3.05) is 27.8 Å². The summed E-state index contributed by atoms with van der Waals surface area (Å²) in [6, 6.07) is 14.0. The number of para-hydroxylation sites is 1. The lowest BCUT2D eigenvalue weighted by molar-refractivity contribution is 0.0322. The molecular formula is C18H19NO4S2. The van der Waals surface area contributed by atoms with Crippen LogP contribution in [0.25, 0.3) is 10.2 Å². The Balaban J connectivity index is 1.70. The van der Waals surface area contributed by atoms with Gasteiger partial charge >= 0.3 is 0 Å². The molecule has 0 aliphatic carbocycles. The normalized spacial score (nSPS) is 11.0. The Morgan fingerprint density at radius 3 is 2.48 bits per heavy atom. The Labute approximate surface area is 154 Å². The summed E-state index contributed by atoms with van der Waals surface area (Å²) in [5.41, 5.74) is 2.17. The highest BCUT2D eigenvalue weighted by molar-refractivity contribution is 8.00. The van der Waals surface area contributed by atoms with Gasteiger partial charge in [0, 0.05) is 20.0 Å².